The number of likely N-dealkylation sites (N-methyl/N-ethyl adjacent to an activating group) is 2. The van der Waals surface area contributed by atoms with Gasteiger partial charge in [-0.1, -0.05) is 84.9 Å². The Morgan fingerprint density at radius 2 is 1.33 bits per heavy atom. The van der Waals surface area contributed by atoms with E-state index in [0.717, 1.165) is 29.8 Å². The molecule has 5 amide bonds. The second-order valence-electron chi connectivity index (χ2n) is 16.8. The first kappa shape index (κ1) is 48.2. The zero-order valence-electron chi connectivity index (χ0n) is 34.8. The van der Waals surface area contributed by atoms with Crippen molar-refractivity contribution in [3.63, 3.8) is 0 Å². The van der Waals surface area contributed by atoms with Crippen LogP contribution in [0, 0.1) is 11.3 Å². The number of carbonyl (C=O) groups is 5. The van der Waals surface area contributed by atoms with Crippen molar-refractivity contribution in [2.24, 2.45) is 11.3 Å². The maximum Gasteiger partial charge on any atom is 0.471 e. The van der Waals surface area contributed by atoms with Crippen LogP contribution in [0.5, 0.6) is 0 Å². The number of hydrogen-bond donors (Lipinski definition) is 3. The number of alkyl halides is 3. The van der Waals surface area contributed by atoms with E-state index in [4.69, 9.17) is 4.74 Å². The van der Waals surface area contributed by atoms with Gasteiger partial charge < -0.3 is 20.3 Å². The highest BCUT2D eigenvalue weighted by atomic mass is 32.2. The van der Waals surface area contributed by atoms with Gasteiger partial charge >= 0.3 is 18.2 Å². The van der Waals surface area contributed by atoms with Gasteiger partial charge in [-0.3, -0.25) is 24.1 Å². The molecule has 57 heavy (non-hydrogen) atoms. The van der Waals surface area contributed by atoms with Crippen LogP contribution in [-0.2, 0) is 39.4 Å². The molecule has 0 unspecified atom stereocenters. The van der Waals surface area contributed by atoms with Gasteiger partial charge in [-0.25, -0.2) is 17.9 Å². The first-order chi connectivity index (χ1) is 25.8. The lowest BCUT2D eigenvalue weighted by Gasteiger charge is -2.42. The number of amides is 5. The molecule has 2 rings (SSSR count). The standard InChI is InChI=1S/C40H56F3N5O8S/c1-24(2)29(23-25(3)32(49)46-57(54,55)28-21-19-27(20-22-28)44-35(52)40(41,42)43)47(12)34(51)30(37(4,5)6)45-33(50)31(48(13)36(53)56-38(7,8)9)39(10,11)26-17-15-14-16-18-26/h14-24,29-31H,1-13H3,(H,44,52)(H,45,50)(H,46,49)/b25-23+/t29-,30-,31-/m1/s1. The maximum absolute atomic E-state index is 14.5. The van der Waals surface area contributed by atoms with Gasteiger partial charge in [-0.15, -0.1) is 0 Å². The van der Waals surface area contributed by atoms with Gasteiger partial charge in [0.05, 0.1) is 10.9 Å². The summed E-state index contributed by atoms with van der Waals surface area (Å²) >= 11 is 0. The number of nitrogens with one attached hydrogen (secondary N) is 3. The molecule has 0 aliphatic rings. The van der Waals surface area contributed by atoms with Crippen molar-refractivity contribution in [1.29, 1.82) is 0 Å². The molecular weight excluding hydrogens is 768 g/mol. The number of rotatable bonds is 13. The van der Waals surface area contributed by atoms with E-state index in [2.05, 4.69) is 5.32 Å². The van der Waals surface area contributed by atoms with Gasteiger partial charge in [0.1, 0.15) is 17.7 Å². The van der Waals surface area contributed by atoms with E-state index < -0.39 is 85.4 Å². The predicted molar refractivity (Wildman–Crippen MR) is 210 cm³/mol. The van der Waals surface area contributed by atoms with Crippen molar-refractivity contribution in [2.45, 2.75) is 116 Å². The Morgan fingerprint density at radius 3 is 1.79 bits per heavy atom. The van der Waals surface area contributed by atoms with Crippen LogP contribution < -0.4 is 15.4 Å². The van der Waals surface area contributed by atoms with Crippen LogP contribution in [0.2, 0.25) is 0 Å². The molecule has 0 aliphatic heterocycles. The van der Waals surface area contributed by atoms with Crippen LogP contribution in [0.25, 0.3) is 0 Å². The molecule has 2 aromatic carbocycles. The lowest BCUT2D eigenvalue weighted by Crippen LogP contribution is -2.63. The fraction of sp³-hybridized carbons (Fsp3) is 0.525. The third-order valence-corrected chi connectivity index (χ3v) is 10.4. The smallest absolute Gasteiger partial charge is 0.444 e. The van der Waals surface area contributed by atoms with Gasteiger partial charge in [-0.2, -0.15) is 13.2 Å². The minimum Gasteiger partial charge on any atom is -0.444 e. The summed E-state index contributed by atoms with van der Waals surface area (Å²) in [6.07, 6.45) is -4.48. The molecule has 2 aromatic rings. The Bertz CT molecular complexity index is 1920. The van der Waals surface area contributed by atoms with Crippen molar-refractivity contribution in [3.05, 3.63) is 71.8 Å². The van der Waals surface area contributed by atoms with E-state index in [-0.39, 0.29) is 17.2 Å². The van der Waals surface area contributed by atoms with E-state index in [0.29, 0.717) is 0 Å². The van der Waals surface area contributed by atoms with Crippen LogP contribution in [0.1, 0.15) is 81.7 Å². The topological polar surface area (TPSA) is 171 Å². The highest BCUT2D eigenvalue weighted by molar-refractivity contribution is 7.90. The second kappa shape index (κ2) is 18.1. The molecule has 0 spiro atoms. The van der Waals surface area contributed by atoms with Crippen LogP contribution in [0.4, 0.5) is 23.7 Å². The van der Waals surface area contributed by atoms with Crippen LogP contribution in [-0.4, -0.2) is 91.9 Å². The number of nitrogens with zero attached hydrogens (tertiary/aromatic N) is 2. The van der Waals surface area contributed by atoms with Crippen LogP contribution in [0.3, 0.4) is 0 Å². The highest BCUT2D eigenvalue weighted by Crippen LogP contribution is 2.32. The minimum atomic E-state index is -5.15. The summed E-state index contributed by atoms with van der Waals surface area (Å²) in [7, 11) is -1.57. The molecule has 17 heteroatoms. The van der Waals surface area contributed by atoms with Gasteiger partial charge in [-0.05, 0) is 68.9 Å². The third-order valence-electron chi connectivity index (χ3n) is 9.08. The van der Waals surface area contributed by atoms with Gasteiger partial charge in [0, 0.05) is 30.8 Å². The van der Waals surface area contributed by atoms with Crippen molar-refractivity contribution in [2.75, 3.05) is 19.4 Å². The minimum absolute atomic E-state index is 0.0778. The van der Waals surface area contributed by atoms with Gasteiger partial charge in [0.2, 0.25) is 11.8 Å². The summed E-state index contributed by atoms with van der Waals surface area (Å²) in [6.45, 7) is 19.0. The average molecular weight is 824 g/mol. The van der Waals surface area contributed by atoms with Crippen molar-refractivity contribution >= 4 is 45.4 Å². The number of anilines is 1. The van der Waals surface area contributed by atoms with Gasteiger partial charge in [0.25, 0.3) is 15.9 Å². The quantitative estimate of drug-likeness (QED) is 0.202. The summed E-state index contributed by atoms with van der Waals surface area (Å²) < 4.78 is 71.4. The molecule has 0 saturated heterocycles. The number of sulfonamides is 1. The Morgan fingerprint density at radius 1 is 0.807 bits per heavy atom. The summed E-state index contributed by atoms with van der Waals surface area (Å²) in [5.41, 5.74) is -2.35. The zero-order chi connectivity index (χ0) is 44.1. The second-order valence-corrected chi connectivity index (χ2v) is 18.5. The molecule has 316 valence electrons. The molecule has 0 radical (unpaired) electrons. The fourth-order valence-corrected chi connectivity index (χ4v) is 6.95. The molecular formula is C40H56F3N5O8S. The van der Waals surface area contributed by atoms with E-state index in [9.17, 15) is 45.6 Å². The molecule has 0 bridgehead atoms. The first-order valence-corrected chi connectivity index (χ1v) is 19.6. The summed E-state index contributed by atoms with van der Waals surface area (Å²) in [5, 5.41) is 4.52. The molecule has 13 nitrogen and oxygen atoms in total. The van der Waals surface area contributed by atoms with E-state index in [1.54, 1.807) is 60.7 Å². The van der Waals surface area contributed by atoms with E-state index >= 15 is 0 Å². The van der Waals surface area contributed by atoms with Crippen molar-refractivity contribution in [1.82, 2.24) is 19.8 Å². The Balaban J connectivity index is 2.43. The lowest BCUT2D eigenvalue weighted by atomic mass is 9.76. The normalized spacial score (nSPS) is 14.5. The van der Waals surface area contributed by atoms with Gasteiger partial charge in [0.15, 0.2) is 0 Å². The summed E-state index contributed by atoms with van der Waals surface area (Å²) in [4.78, 5) is 68.8. The monoisotopic (exact) mass is 823 g/mol. The molecule has 3 atom stereocenters. The van der Waals surface area contributed by atoms with Crippen molar-refractivity contribution < 1.29 is 50.3 Å². The first-order valence-electron chi connectivity index (χ1n) is 18.1. The fourth-order valence-electron chi connectivity index (χ4n) is 5.94. The summed E-state index contributed by atoms with van der Waals surface area (Å²) in [6, 6.07) is 9.76. The van der Waals surface area contributed by atoms with E-state index in [1.807, 2.05) is 48.9 Å². The molecule has 0 saturated carbocycles. The zero-order valence-corrected chi connectivity index (χ0v) is 35.6. The molecule has 3 N–H and O–H groups in total. The Hall–Kier alpha value is -4.93. The van der Waals surface area contributed by atoms with Crippen molar-refractivity contribution in [3.8, 4) is 0 Å². The number of benzene rings is 2. The number of hydrogen-bond acceptors (Lipinski definition) is 8. The maximum atomic E-state index is 14.5. The largest absolute Gasteiger partial charge is 0.471 e. The average Bonchev–Trinajstić information content (AvgIpc) is 3.07. The van der Waals surface area contributed by atoms with E-state index in [1.165, 1.54) is 36.9 Å². The lowest BCUT2D eigenvalue weighted by molar-refractivity contribution is -0.167. The molecule has 0 aliphatic carbocycles. The van der Waals surface area contributed by atoms with Crippen LogP contribution in [0.15, 0.2) is 71.1 Å². The summed E-state index contributed by atoms with van der Waals surface area (Å²) in [5.74, 6) is -4.74. The van der Waals surface area contributed by atoms with Crippen LogP contribution >= 0.6 is 0 Å². The number of carbonyl (C=O) groups excluding carboxylic acids is 5. The number of halogens is 3. The predicted octanol–water partition coefficient (Wildman–Crippen LogP) is 6.17. The number of ether oxygens (including phenoxy) is 1. The SMILES string of the molecule is C/C(=C\[C@H](C(C)C)N(C)C(=O)[C@@H](NC(=O)[C@@H](N(C)C(=O)OC(C)(C)C)C(C)(C)c1ccccc1)C(C)(C)C)C(=O)NS(=O)(=O)c1ccc(NC(=O)C(F)(F)F)cc1. The molecule has 0 heterocycles. The highest BCUT2D eigenvalue weighted by Gasteiger charge is 2.46. The molecule has 0 aromatic heterocycles. The Kier molecular flexibility index (Phi) is 15.3. The Labute approximate surface area is 333 Å². The third kappa shape index (κ3) is 13.1. The molecule has 0 fully saturated rings.